The fourth-order valence-corrected chi connectivity index (χ4v) is 6.58. The van der Waals surface area contributed by atoms with Gasteiger partial charge in [0.15, 0.2) is 0 Å². The molecule has 3 fully saturated rings. The van der Waals surface area contributed by atoms with Crippen LogP contribution in [0.5, 0.6) is 0 Å². The average Bonchev–Trinajstić information content (AvgIpc) is 2.45. The van der Waals surface area contributed by atoms with Crippen LogP contribution in [0.3, 0.4) is 0 Å². The van der Waals surface area contributed by atoms with Gasteiger partial charge in [-0.05, 0) is 0 Å². The van der Waals surface area contributed by atoms with E-state index >= 15 is 0 Å². The van der Waals surface area contributed by atoms with Gasteiger partial charge in [0.2, 0.25) is 0 Å². The van der Waals surface area contributed by atoms with Gasteiger partial charge in [-0.1, -0.05) is 0 Å². The molecule has 0 atom stereocenters. The number of alkyl halides is 1. The number of hydrogen-bond acceptors (Lipinski definition) is 2. The normalized spacial score (nSPS) is 29.7. The van der Waals surface area contributed by atoms with E-state index in [1.807, 2.05) is 0 Å². The van der Waals surface area contributed by atoms with Crippen molar-refractivity contribution in [2.45, 2.75) is 51.5 Å². The van der Waals surface area contributed by atoms with E-state index in [9.17, 15) is 0 Å². The Morgan fingerprint density at radius 3 is 2.20 bits per heavy atom. The van der Waals surface area contributed by atoms with Gasteiger partial charge in [0, 0.05) is 0 Å². The first-order valence-electron chi connectivity index (χ1n) is 8.26. The Kier molecular flexibility index (Phi) is 4.78. The van der Waals surface area contributed by atoms with Gasteiger partial charge in [-0.3, -0.25) is 0 Å². The Bertz CT molecular complexity index is 344. The van der Waals surface area contributed by atoms with Crippen molar-refractivity contribution in [1.29, 1.82) is 0 Å². The van der Waals surface area contributed by atoms with E-state index in [-0.39, 0.29) is 0 Å². The summed E-state index contributed by atoms with van der Waals surface area (Å²) in [6.45, 7) is 11.9. The van der Waals surface area contributed by atoms with E-state index in [2.05, 4.69) is 26.4 Å². The third kappa shape index (κ3) is 3.09. The van der Waals surface area contributed by atoms with Gasteiger partial charge in [-0.2, -0.15) is 0 Å². The molecule has 3 heteroatoms. The van der Waals surface area contributed by atoms with Gasteiger partial charge in [-0.25, -0.2) is 0 Å². The minimum absolute atomic E-state index is 0.357. The molecule has 20 heavy (non-hydrogen) atoms. The third-order valence-electron chi connectivity index (χ3n) is 6.01. The first-order valence-corrected chi connectivity index (χ1v) is 11.4. The van der Waals surface area contributed by atoms with Crippen LogP contribution >= 0.6 is 0 Å². The first kappa shape index (κ1) is 15.3. The summed E-state index contributed by atoms with van der Waals surface area (Å²) in [5.41, 5.74) is 2.16. The maximum absolute atomic E-state index is 4.15. The molecule has 0 aromatic carbocycles. The molecule has 0 N–H and O–H groups in total. The molecule has 1 aliphatic carbocycles. The first-order chi connectivity index (χ1) is 9.62. The van der Waals surface area contributed by atoms with Crippen LogP contribution in [0.4, 0.5) is 0 Å². The Morgan fingerprint density at radius 1 is 1.10 bits per heavy atom. The number of hydrogen-bond donors (Lipinski definition) is 0. The zero-order valence-electron chi connectivity index (χ0n) is 13.2. The molecule has 2 heterocycles. The van der Waals surface area contributed by atoms with E-state index in [1.54, 1.807) is 0 Å². The van der Waals surface area contributed by atoms with E-state index in [1.165, 1.54) is 70.3 Å². The van der Waals surface area contributed by atoms with Crippen LogP contribution in [0.1, 0.15) is 45.4 Å². The fourth-order valence-electron chi connectivity index (χ4n) is 4.45. The van der Waals surface area contributed by atoms with Crippen molar-refractivity contribution >= 4 is 0 Å². The zero-order chi connectivity index (χ0) is 14.2. The van der Waals surface area contributed by atoms with Crippen molar-refractivity contribution in [1.82, 2.24) is 8.01 Å². The van der Waals surface area contributed by atoms with Crippen LogP contribution in [-0.4, -0.2) is 45.2 Å². The summed E-state index contributed by atoms with van der Waals surface area (Å²) in [6, 6.07) is 0.900. The second kappa shape index (κ2) is 6.25. The Labute approximate surface area is 135 Å². The second-order valence-corrected chi connectivity index (χ2v) is 9.67. The third-order valence-corrected chi connectivity index (χ3v) is 8.06. The summed E-state index contributed by atoms with van der Waals surface area (Å²) in [6.07, 6.45) is 8.63. The molecule has 0 amide bonds. The summed E-state index contributed by atoms with van der Waals surface area (Å²) in [4.78, 5) is 5.21. The Hall–Kier alpha value is 0.390. The summed E-state index contributed by atoms with van der Waals surface area (Å²) in [5.74, 6) is 0.801. The van der Waals surface area contributed by atoms with Crippen molar-refractivity contribution in [3.05, 3.63) is 12.2 Å². The van der Waals surface area contributed by atoms with Gasteiger partial charge in [0.25, 0.3) is 0 Å². The van der Waals surface area contributed by atoms with Crippen molar-refractivity contribution in [3.63, 3.8) is 0 Å². The summed E-state index contributed by atoms with van der Waals surface area (Å²) in [5, 5.41) is 0. The molecular formula is C17H30IN2-. The van der Waals surface area contributed by atoms with Gasteiger partial charge in [-0.15, -0.1) is 0 Å². The molecule has 2 saturated heterocycles. The summed E-state index contributed by atoms with van der Waals surface area (Å²) >= 11 is 0.357. The molecule has 0 radical (unpaired) electrons. The Morgan fingerprint density at radius 2 is 1.70 bits per heavy atom. The van der Waals surface area contributed by atoms with Crippen molar-refractivity contribution in [3.8, 4) is 0 Å². The molecule has 116 valence electrons. The van der Waals surface area contributed by atoms with E-state index in [0.29, 0.717) is 21.5 Å². The van der Waals surface area contributed by atoms with Crippen molar-refractivity contribution in [2.24, 2.45) is 11.3 Å². The SMILES string of the molecule is C=C(C)C1CCN(C2CCC3(CC2)CN([I-]C)C3)CC1. The number of likely N-dealkylation sites (tertiary alicyclic amines) is 1. The molecule has 0 bridgehead atoms. The van der Waals surface area contributed by atoms with Crippen LogP contribution in [0.2, 0.25) is 0 Å². The van der Waals surface area contributed by atoms with Crippen molar-refractivity contribution in [2.75, 3.05) is 31.1 Å². The monoisotopic (exact) mass is 389 g/mol. The van der Waals surface area contributed by atoms with Gasteiger partial charge in [0.1, 0.15) is 0 Å². The van der Waals surface area contributed by atoms with Crippen LogP contribution in [0.25, 0.3) is 0 Å². The predicted octanol–water partition coefficient (Wildman–Crippen LogP) is 0.153. The molecule has 1 spiro atoms. The van der Waals surface area contributed by atoms with E-state index in [4.69, 9.17) is 0 Å². The predicted molar refractivity (Wildman–Crippen MR) is 81.3 cm³/mol. The Balaban J connectivity index is 1.44. The number of rotatable bonds is 3. The number of piperidine rings is 1. The summed E-state index contributed by atoms with van der Waals surface area (Å²) in [7, 11) is 0. The molecule has 0 unspecified atom stereocenters. The average molecular weight is 389 g/mol. The summed E-state index contributed by atoms with van der Waals surface area (Å²) < 4.78 is 2.72. The number of nitrogens with zero attached hydrogens (tertiary/aromatic N) is 2. The molecule has 3 aliphatic rings. The van der Waals surface area contributed by atoms with Crippen LogP contribution in [0.15, 0.2) is 12.2 Å². The van der Waals surface area contributed by atoms with Gasteiger partial charge < -0.3 is 0 Å². The second-order valence-electron chi connectivity index (χ2n) is 7.34. The topological polar surface area (TPSA) is 6.48 Å². The van der Waals surface area contributed by atoms with Crippen LogP contribution in [0, 0.1) is 11.3 Å². The molecule has 2 aliphatic heterocycles. The molecule has 3 rings (SSSR count). The van der Waals surface area contributed by atoms with E-state index in [0.717, 1.165) is 17.4 Å². The minimum atomic E-state index is 0.357. The standard InChI is InChI=1S/C17H30IN2/c1-14(2)15-6-10-19(11-7-15)16-4-8-17(9-5-16)12-20(13-17)18-3/h15-16H,1,4-13H2,2-3H3/q-1. The van der Waals surface area contributed by atoms with Gasteiger partial charge >= 0.3 is 136 Å². The molecular weight excluding hydrogens is 359 g/mol. The quantitative estimate of drug-likeness (QED) is 0.294. The maximum atomic E-state index is 4.15. The number of allylic oxidation sites excluding steroid dienone is 1. The zero-order valence-corrected chi connectivity index (χ0v) is 15.4. The fraction of sp³-hybridized carbons (Fsp3) is 0.882. The molecule has 1 saturated carbocycles. The van der Waals surface area contributed by atoms with Crippen molar-refractivity contribution < 1.29 is 21.5 Å². The molecule has 0 aromatic rings. The van der Waals surface area contributed by atoms with E-state index < -0.39 is 0 Å². The van der Waals surface area contributed by atoms with Gasteiger partial charge in [0.05, 0.1) is 0 Å². The molecule has 2 nitrogen and oxygen atoms in total. The van der Waals surface area contributed by atoms with Crippen LogP contribution < -0.4 is 21.5 Å². The molecule has 0 aromatic heterocycles. The number of halogens is 1. The van der Waals surface area contributed by atoms with Crippen LogP contribution in [-0.2, 0) is 0 Å².